The monoisotopic (exact) mass is 359 g/mol. The van der Waals surface area contributed by atoms with Crippen LogP contribution in [-0.4, -0.2) is 44.0 Å². The first-order valence-corrected chi connectivity index (χ1v) is 9.57. The van der Waals surface area contributed by atoms with Crippen LogP contribution in [0, 0.1) is 11.3 Å². The van der Waals surface area contributed by atoms with Gasteiger partial charge in [0.1, 0.15) is 12.5 Å². The Kier molecular flexibility index (Phi) is 4.16. The Balaban J connectivity index is 1.64. The SMILES string of the molecule is CS(=O)(=O)N1CCC2(CC1)C(C(=O)OCc1ccccc1)C2(F)F. The van der Waals surface area contributed by atoms with Gasteiger partial charge < -0.3 is 4.74 Å². The minimum absolute atomic E-state index is 0.0108. The first-order chi connectivity index (χ1) is 11.2. The fourth-order valence-electron chi connectivity index (χ4n) is 3.53. The Morgan fingerprint density at radius 1 is 1.25 bits per heavy atom. The molecule has 8 heteroatoms. The molecule has 1 heterocycles. The summed E-state index contributed by atoms with van der Waals surface area (Å²) in [5.41, 5.74) is -0.724. The molecule has 0 N–H and O–H groups in total. The molecule has 1 spiro atoms. The second kappa shape index (κ2) is 5.77. The third-order valence-electron chi connectivity index (χ3n) is 5.04. The van der Waals surface area contributed by atoms with E-state index in [0.717, 1.165) is 11.8 Å². The number of carbonyl (C=O) groups is 1. The van der Waals surface area contributed by atoms with Gasteiger partial charge >= 0.3 is 5.97 Å². The number of carbonyl (C=O) groups excluding carboxylic acids is 1. The molecule has 5 nitrogen and oxygen atoms in total. The van der Waals surface area contributed by atoms with Gasteiger partial charge in [0.15, 0.2) is 0 Å². The molecule has 1 saturated heterocycles. The van der Waals surface area contributed by atoms with Crippen molar-refractivity contribution in [2.75, 3.05) is 19.3 Å². The third-order valence-corrected chi connectivity index (χ3v) is 6.34. The number of nitrogens with zero attached hydrogens (tertiary/aromatic N) is 1. The van der Waals surface area contributed by atoms with Crippen molar-refractivity contribution < 1.29 is 26.7 Å². The molecular formula is C16H19F2NO4S. The van der Waals surface area contributed by atoms with Crippen LogP contribution in [0.5, 0.6) is 0 Å². The van der Waals surface area contributed by atoms with Gasteiger partial charge in [0.2, 0.25) is 10.0 Å². The van der Waals surface area contributed by atoms with Crippen LogP contribution in [-0.2, 0) is 26.2 Å². The van der Waals surface area contributed by atoms with Crippen molar-refractivity contribution in [3.63, 3.8) is 0 Å². The van der Waals surface area contributed by atoms with Crippen molar-refractivity contribution in [1.82, 2.24) is 4.31 Å². The van der Waals surface area contributed by atoms with Gasteiger partial charge in [-0.25, -0.2) is 21.5 Å². The summed E-state index contributed by atoms with van der Waals surface area (Å²) >= 11 is 0. The minimum atomic E-state index is -3.40. The van der Waals surface area contributed by atoms with Crippen LogP contribution < -0.4 is 0 Å². The Labute approximate surface area is 139 Å². The highest BCUT2D eigenvalue weighted by molar-refractivity contribution is 7.88. The summed E-state index contributed by atoms with van der Waals surface area (Å²) in [6.07, 6.45) is 0.998. The zero-order valence-electron chi connectivity index (χ0n) is 13.2. The standard InChI is InChI=1S/C16H19F2NO4S/c1-24(21,22)19-9-7-15(8-10-19)13(16(15,17)18)14(20)23-11-12-5-3-2-4-6-12/h2-6,13H,7-11H2,1H3. The van der Waals surface area contributed by atoms with Crippen molar-refractivity contribution >= 4 is 16.0 Å². The summed E-state index contributed by atoms with van der Waals surface area (Å²) in [4.78, 5) is 12.1. The molecule has 0 radical (unpaired) electrons. The van der Waals surface area contributed by atoms with Crippen LogP contribution in [0.25, 0.3) is 0 Å². The number of ether oxygens (including phenoxy) is 1. The number of hydrogen-bond donors (Lipinski definition) is 0. The Hall–Kier alpha value is -1.54. The second-order valence-corrected chi connectivity index (χ2v) is 8.45. The summed E-state index contributed by atoms with van der Waals surface area (Å²) in [6, 6.07) is 8.86. The number of esters is 1. The molecular weight excluding hydrogens is 340 g/mol. The largest absolute Gasteiger partial charge is 0.460 e. The zero-order valence-corrected chi connectivity index (χ0v) is 14.1. The molecule has 1 aromatic rings. The van der Waals surface area contributed by atoms with E-state index in [-0.39, 0.29) is 32.5 Å². The smallest absolute Gasteiger partial charge is 0.316 e. The van der Waals surface area contributed by atoms with Crippen molar-refractivity contribution in [1.29, 1.82) is 0 Å². The molecule has 1 aliphatic heterocycles. The van der Waals surface area contributed by atoms with E-state index in [1.807, 2.05) is 6.07 Å². The topological polar surface area (TPSA) is 63.7 Å². The van der Waals surface area contributed by atoms with Gasteiger partial charge in [-0.1, -0.05) is 30.3 Å². The molecule has 0 amide bonds. The predicted molar refractivity (Wildman–Crippen MR) is 82.8 cm³/mol. The summed E-state index contributed by atoms with van der Waals surface area (Å²) in [5, 5.41) is 0. The van der Waals surface area contributed by atoms with Gasteiger partial charge in [-0.3, -0.25) is 4.79 Å². The maximum Gasteiger partial charge on any atom is 0.316 e. The minimum Gasteiger partial charge on any atom is -0.460 e. The number of alkyl halides is 2. The molecule has 24 heavy (non-hydrogen) atoms. The average molecular weight is 359 g/mol. The predicted octanol–water partition coefficient (Wildman–Crippen LogP) is 2.04. The lowest BCUT2D eigenvalue weighted by Gasteiger charge is -2.30. The van der Waals surface area contributed by atoms with Crippen molar-refractivity contribution in [2.24, 2.45) is 11.3 Å². The van der Waals surface area contributed by atoms with E-state index in [2.05, 4.69) is 0 Å². The lowest BCUT2D eigenvalue weighted by Crippen LogP contribution is -2.40. The number of halogens is 2. The van der Waals surface area contributed by atoms with Gasteiger partial charge in [0.05, 0.1) is 11.7 Å². The highest BCUT2D eigenvalue weighted by atomic mass is 32.2. The van der Waals surface area contributed by atoms with Gasteiger partial charge in [-0.05, 0) is 18.4 Å². The fourth-order valence-corrected chi connectivity index (χ4v) is 4.38. The van der Waals surface area contributed by atoms with Crippen molar-refractivity contribution in [2.45, 2.75) is 25.4 Å². The van der Waals surface area contributed by atoms with Crippen molar-refractivity contribution in [3.8, 4) is 0 Å². The van der Waals surface area contributed by atoms with E-state index in [1.165, 1.54) is 4.31 Å². The molecule has 132 valence electrons. The Bertz CT molecular complexity index is 728. The van der Waals surface area contributed by atoms with Gasteiger partial charge in [-0.15, -0.1) is 0 Å². The number of piperidine rings is 1. The molecule has 1 saturated carbocycles. The lowest BCUT2D eigenvalue weighted by atomic mass is 9.91. The summed E-state index contributed by atoms with van der Waals surface area (Å²) in [7, 11) is -3.40. The summed E-state index contributed by atoms with van der Waals surface area (Å²) < 4.78 is 57.8. The quantitative estimate of drug-likeness (QED) is 0.772. The molecule has 0 aromatic heterocycles. The van der Waals surface area contributed by atoms with Crippen LogP contribution in [0.4, 0.5) is 8.78 Å². The van der Waals surface area contributed by atoms with Crippen LogP contribution in [0.2, 0.25) is 0 Å². The zero-order chi connectivity index (χ0) is 17.6. The Morgan fingerprint density at radius 2 is 1.83 bits per heavy atom. The summed E-state index contributed by atoms with van der Waals surface area (Å²) in [5.74, 6) is -5.52. The highest BCUT2D eigenvalue weighted by Crippen LogP contribution is 2.71. The molecule has 1 aliphatic carbocycles. The van der Waals surface area contributed by atoms with Gasteiger partial charge in [0.25, 0.3) is 5.92 Å². The average Bonchev–Trinajstić information content (AvgIpc) is 2.99. The lowest BCUT2D eigenvalue weighted by molar-refractivity contribution is -0.149. The van der Waals surface area contributed by atoms with Crippen molar-refractivity contribution in [3.05, 3.63) is 35.9 Å². The second-order valence-electron chi connectivity index (χ2n) is 6.47. The molecule has 3 rings (SSSR count). The molecule has 0 bridgehead atoms. The Morgan fingerprint density at radius 3 is 2.38 bits per heavy atom. The highest BCUT2D eigenvalue weighted by Gasteiger charge is 2.83. The normalized spacial score (nSPS) is 25.4. The molecule has 1 atom stereocenters. The van der Waals surface area contributed by atoms with Gasteiger partial charge in [0, 0.05) is 13.1 Å². The molecule has 1 unspecified atom stereocenters. The van der Waals surface area contributed by atoms with E-state index in [4.69, 9.17) is 4.74 Å². The van der Waals surface area contributed by atoms with Crippen LogP contribution in [0.1, 0.15) is 18.4 Å². The first kappa shape index (κ1) is 17.3. The van der Waals surface area contributed by atoms with Crippen LogP contribution >= 0.6 is 0 Å². The number of rotatable bonds is 4. The molecule has 1 aromatic carbocycles. The third kappa shape index (κ3) is 2.82. The number of benzene rings is 1. The van der Waals surface area contributed by atoms with E-state index < -0.39 is 33.2 Å². The molecule has 2 fully saturated rings. The summed E-state index contributed by atoms with van der Waals surface area (Å²) in [6.45, 7) is -0.0222. The van der Waals surface area contributed by atoms with Crippen LogP contribution in [0.15, 0.2) is 30.3 Å². The van der Waals surface area contributed by atoms with E-state index >= 15 is 0 Å². The maximum absolute atomic E-state index is 14.3. The number of hydrogen-bond acceptors (Lipinski definition) is 4. The van der Waals surface area contributed by atoms with Gasteiger partial charge in [-0.2, -0.15) is 0 Å². The first-order valence-electron chi connectivity index (χ1n) is 7.72. The van der Waals surface area contributed by atoms with E-state index in [1.54, 1.807) is 24.3 Å². The number of sulfonamides is 1. The maximum atomic E-state index is 14.3. The van der Waals surface area contributed by atoms with E-state index in [0.29, 0.717) is 0 Å². The molecule has 2 aliphatic rings. The van der Waals surface area contributed by atoms with Crippen LogP contribution in [0.3, 0.4) is 0 Å². The van der Waals surface area contributed by atoms with E-state index in [9.17, 15) is 22.0 Å². The fraction of sp³-hybridized carbons (Fsp3) is 0.562.